The average Bonchev–Trinajstić information content (AvgIpc) is 2.13. The fraction of sp³-hybridized carbons (Fsp3) is 0. The molecule has 0 aliphatic rings. The highest BCUT2D eigenvalue weighted by Crippen LogP contribution is 2.20. The van der Waals surface area contributed by atoms with E-state index in [0.717, 1.165) is 12.3 Å². The molecule has 0 aliphatic carbocycles. The van der Waals surface area contributed by atoms with E-state index in [2.05, 4.69) is 9.15 Å². The molecular weight excluding hydrogens is 140 g/mol. The SMILES string of the molecule is O=C(O)Oc1cc(O)co1. The molecule has 0 aliphatic heterocycles. The number of carboxylic acid groups (broad SMARTS) is 1. The van der Waals surface area contributed by atoms with Crippen molar-refractivity contribution in [2.75, 3.05) is 0 Å². The first kappa shape index (κ1) is 6.47. The number of aromatic hydroxyl groups is 1. The van der Waals surface area contributed by atoms with Crippen LogP contribution in [-0.4, -0.2) is 16.4 Å². The molecule has 0 atom stereocenters. The third-order valence-electron chi connectivity index (χ3n) is 0.749. The van der Waals surface area contributed by atoms with Gasteiger partial charge in [-0.3, -0.25) is 0 Å². The van der Waals surface area contributed by atoms with Crippen molar-refractivity contribution in [1.82, 2.24) is 0 Å². The minimum absolute atomic E-state index is 0.170. The lowest BCUT2D eigenvalue weighted by Gasteiger charge is -1.88. The lowest BCUT2D eigenvalue weighted by molar-refractivity contribution is 0.133. The summed E-state index contributed by atoms with van der Waals surface area (Å²) < 4.78 is 8.45. The lowest BCUT2D eigenvalue weighted by atomic mass is 10.6. The van der Waals surface area contributed by atoms with E-state index < -0.39 is 6.16 Å². The van der Waals surface area contributed by atoms with Crippen LogP contribution in [0.4, 0.5) is 4.79 Å². The maximum absolute atomic E-state index is 9.81. The Morgan fingerprint density at radius 3 is 2.80 bits per heavy atom. The molecule has 0 fully saturated rings. The van der Waals surface area contributed by atoms with Crippen LogP contribution in [0, 0.1) is 0 Å². The Morgan fingerprint density at radius 2 is 2.40 bits per heavy atom. The second kappa shape index (κ2) is 2.30. The minimum atomic E-state index is -1.48. The van der Waals surface area contributed by atoms with Gasteiger partial charge in [0, 0.05) is 0 Å². The quantitative estimate of drug-likeness (QED) is 0.575. The Bertz CT molecular complexity index is 238. The highest BCUT2D eigenvalue weighted by atomic mass is 16.7. The Labute approximate surface area is 55.5 Å². The van der Waals surface area contributed by atoms with Crippen molar-refractivity contribution in [3.05, 3.63) is 12.3 Å². The van der Waals surface area contributed by atoms with Crippen LogP contribution in [-0.2, 0) is 0 Å². The van der Waals surface area contributed by atoms with E-state index in [0.29, 0.717) is 0 Å². The molecule has 2 N–H and O–H groups in total. The molecule has 0 spiro atoms. The molecule has 0 aromatic carbocycles. The first-order valence-electron chi connectivity index (χ1n) is 2.37. The van der Waals surface area contributed by atoms with Gasteiger partial charge in [-0.1, -0.05) is 0 Å². The Balaban J connectivity index is 2.67. The number of furan rings is 1. The Hall–Kier alpha value is -1.65. The van der Waals surface area contributed by atoms with Gasteiger partial charge >= 0.3 is 6.16 Å². The highest BCUT2D eigenvalue weighted by Gasteiger charge is 2.04. The molecule has 5 heteroatoms. The van der Waals surface area contributed by atoms with Crippen LogP contribution in [0.15, 0.2) is 16.7 Å². The fourth-order valence-corrected chi connectivity index (χ4v) is 0.447. The zero-order chi connectivity index (χ0) is 7.56. The molecule has 0 saturated heterocycles. The summed E-state index contributed by atoms with van der Waals surface area (Å²) in [6.07, 6.45) is -0.507. The predicted octanol–water partition coefficient (Wildman–Crippen LogP) is 1.04. The fourth-order valence-electron chi connectivity index (χ4n) is 0.447. The van der Waals surface area contributed by atoms with Crippen molar-refractivity contribution in [2.24, 2.45) is 0 Å². The van der Waals surface area contributed by atoms with Gasteiger partial charge in [0.2, 0.25) is 0 Å². The number of rotatable bonds is 1. The predicted molar refractivity (Wildman–Crippen MR) is 29.0 cm³/mol. The second-order valence-corrected chi connectivity index (χ2v) is 1.49. The molecule has 1 heterocycles. The highest BCUT2D eigenvalue weighted by molar-refractivity contribution is 5.60. The van der Waals surface area contributed by atoms with Crippen LogP contribution in [0.2, 0.25) is 0 Å². The number of ether oxygens (including phenoxy) is 1. The van der Waals surface area contributed by atoms with E-state index in [4.69, 9.17) is 10.2 Å². The molecular formula is C5H4O5. The zero-order valence-electron chi connectivity index (χ0n) is 4.77. The van der Waals surface area contributed by atoms with Gasteiger partial charge in [0.1, 0.15) is 6.26 Å². The molecule has 5 nitrogen and oxygen atoms in total. The van der Waals surface area contributed by atoms with Crippen molar-refractivity contribution >= 4 is 6.16 Å². The third kappa shape index (κ3) is 1.41. The first-order valence-corrected chi connectivity index (χ1v) is 2.37. The van der Waals surface area contributed by atoms with Crippen LogP contribution in [0.5, 0.6) is 11.7 Å². The van der Waals surface area contributed by atoms with E-state index >= 15 is 0 Å². The van der Waals surface area contributed by atoms with Crippen LogP contribution >= 0.6 is 0 Å². The summed E-state index contributed by atoms with van der Waals surface area (Å²) in [5.41, 5.74) is 0. The van der Waals surface area contributed by atoms with E-state index in [1.54, 1.807) is 0 Å². The van der Waals surface area contributed by atoms with E-state index in [-0.39, 0.29) is 11.7 Å². The molecule has 0 unspecified atom stereocenters. The molecule has 1 aromatic rings. The van der Waals surface area contributed by atoms with Gasteiger partial charge in [0.25, 0.3) is 5.95 Å². The Morgan fingerprint density at radius 1 is 1.70 bits per heavy atom. The van der Waals surface area contributed by atoms with Crippen molar-refractivity contribution < 1.29 is 24.2 Å². The third-order valence-corrected chi connectivity index (χ3v) is 0.749. The summed E-state index contributed by atoms with van der Waals surface area (Å²) in [4.78, 5) is 9.81. The van der Waals surface area contributed by atoms with Crippen molar-refractivity contribution in [2.45, 2.75) is 0 Å². The maximum Gasteiger partial charge on any atom is 0.513 e. The van der Waals surface area contributed by atoms with E-state index in [9.17, 15) is 4.79 Å². The van der Waals surface area contributed by atoms with E-state index in [1.165, 1.54) is 0 Å². The molecule has 1 rings (SSSR count). The molecule has 0 saturated carbocycles. The molecule has 0 bridgehead atoms. The zero-order valence-corrected chi connectivity index (χ0v) is 4.77. The van der Waals surface area contributed by atoms with E-state index in [1.807, 2.05) is 0 Å². The van der Waals surface area contributed by atoms with Gasteiger partial charge in [-0.05, 0) is 0 Å². The smallest absolute Gasteiger partial charge is 0.505 e. The van der Waals surface area contributed by atoms with Crippen LogP contribution in [0.1, 0.15) is 0 Å². The van der Waals surface area contributed by atoms with Crippen LogP contribution in [0.25, 0.3) is 0 Å². The number of carbonyl (C=O) groups is 1. The number of hydrogen-bond donors (Lipinski definition) is 2. The summed E-state index contributed by atoms with van der Waals surface area (Å²) in [6.45, 7) is 0. The largest absolute Gasteiger partial charge is 0.513 e. The summed E-state index contributed by atoms with van der Waals surface area (Å²) in [7, 11) is 0. The Kier molecular flexibility index (Phi) is 1.49. The van der Waals surface area contributed by atoms with Gasteiger partial charge < -0.3 is 19.4 Å². The first-order chi connectivity index (χ1) is 4.68. The summed E-state index contributed by atoms with van der Waals surface area (Å²) in [5.74, 6) is -0.416. The molecule has 1 aromatic heterocycles. The second-order valence-electron chi connectivity index (χ2n) is 1.49. The van der Waals surface area contributed by atoms with Gasteiger partial charge in [-0.25, -0.2) is 4.79 Å². The molecule has 0 amide bonds. The van der Waals surface area contributed by atoms with Gasteiger partial charge in [0.05, 0.1) is 6.07 Å². The van der Waals surface area contributed by atoms with Gasteiger partial charge in [-0.15, -0.1) is 0 Å². The van der Waals surface area contributed by atoms with Crippen molar-refractivity contribution in [3.8, 4) is 11.7 Å². The van der Waals surface area contributed by atoms with Gasteiger partial charge in [-0.2, -0.15) is 0 Å². The molecule has 0 radical (unpaired) electrons. The van der Waals surface area contributed by atoms with Crippen LogP contribution < -0.4 is 4.74 Å². The summed E-state index contributed by atoms with van der Waals surface area (Å²) >= 11 is 0. The normalized spacial score (nSPS) is 9.20. The molecule has 10 heavy (non-hydrogen) atoms. The molecule has 54 valence electrons. The number of hydrogen-bond acceptors (Lipinski definition) is 4. The maximum atomic E-state index is 9.81. The van der Waals surface area contributed by atoms with Crippen molar-refractivity contribution in [3.63, 3.8) is 0 Å². The summed E-state index contributed by atoms with van der Waals surface area (Å²) in [6, 6.07) is 1.05. The monoisotopic (exact) mass is 144 g/mol. The van der Waals surface area contributed by atoms with Crippen molar-refractivity contribution in [1.29, 1.82) is 0 Å². The van der Waals surface area contributed by atoms with Crippen LogP contribution in [0.3, 0.4) is 0 Å². The lowest BCUT2D eigenvalue weighted by Crippen LogP contribution is -2.01. The van der Waals surface area contributed by atoms with Gasteiger partial charge in [0.15, 0.2) is 5.75 Å². The average molecular weight is 144 g/mol. The standard InChI is InChI=1S/C5H4O5/c6-3-1-4(9-2-3)10-5(7)8/h1-2,6H,(H,7,8). The topological polar surface area (TPSA) is 79.9 Å². The minimum Gasteiger partial charge on any atom is -0.505 e. The summed E-state index contributed by atoms with van der Waals surface area (Å²) in [5, 5.41) is 16.6.